The standard InChI is InChI=1S/C13H14F3NO2/c14-13(15,16)10-5-4-9(3-1-6-17)11-12(10)19-8-2-7-18-11/h1,3-5H,2,6-8,17H2/b3-1+. The van der Waals surface area contributed by atoms with Crippen LogP contribution < -0.4 is 15.2 Å². The van der Waals surface area contributed by atoms with Crippen LogP contribution in [0.15, 0.2) is 18.2 Å². The lowest BCUT2D eigenvalue weighted by molar-refractivity contribution is -0.139. The molecule has 0 radical (unpaired) electrons. The Bertz CT molecular complexity index is 484. The molecular weight excluding hydrogens is 259 g/mol. The second kappa shape index (κ2) is 5.52. The number of halogens is 3. The van der Waals surface area contributed by atoms with E-state index in [1.54, 1.807) is 12.2 Å². The third-order valence-corrected chi connectivity index (χ3v) is 2.66. The van der Waals surface area contributed by atoms with Crippen molar-refractivity contribution in [3.63, 3.8) is 0 Å². The summed E-state index contributed by atoms with van der Waals surface area (Å²) < 4.78 is 49.4. The van der Waals surface area contributed by atoms with Crippen LogP contribution in [0.3, 0.4) is 0 Å². The molecule has 104 valence electrons. The summed E-state index contributed by atoms with van der Waals surface area (Å²) in [6.45, 7) is 0.842. The van der Waals surface area contributed by atoms with E-state index in [-0.39, 0.29) is 18.1 Å². The number of hydrogen-bond donors (Lipinski definition) is 1. The first-order chi connectivity index (χ1) is 9.04. The average Bonchev–Trinajstić information content (AvgIpc) is 2.60. The van der Waals surface area contributed by atoms with E-state index in [9.17, 15) is 13.2 Å². The highest BCUT2D eigenvalue weighted by Crippen LogP contribution is 2.44. The van der Waals surface area contributed by atoms with Gasteiger partial charge >= 0.3 is 6.18 Å². The van der Waals surface area contributed by atoms with Crippen LogP contribution >= 0.6 is 0 Å². The Morgan fingerprint density at radius 1 is 1.16 bits per heavy atom. The van der Waals surface area contributed by atoms with Gasteiger partial charge in [0.2, 0.25) is 0 Å². The van der Waals surface area contributed by atoms with Gasteiger partial charge in [0.15, 0.2) is 11.5 Å². The molecule has 0 aliphatic carbocycles. The molecule has 1 aliphatic rings. The first-order valence-electron chi connectivity index (χ1n) is 5.90. The fraction of sp³-hybridized carbons (Fsp3) is 0.385. The molecular formula is C13H14F3NO2. The summed E-state index contributed by atoms with van der Waals surface area (Å²) >= 11 is 0. The summed E-state index contributed by atoms with van der Waals surface area (Å²) in [7, 11) is 0. The minimum atomic E-state index is -4.46. The predicted octanol–water partition coefficient (Wildman–Crippen LogP) is 2.84. The van der Waals surface area contributed by atoms with Crippen LogP contribution in [0.2, 0.25) is 0 Å². The Hall–Kier alpha value is -1.69. The Morgan fingerprint density at radius 2 is 1.84 bits per heavy atom. The van der Waals surface area contributed by atoms with Crippen molar-refractivity contribution in [2.75, 3.05) is 19.8 Å². The highest BCUT2D eigenvalue weighted by atomic mass is 19.4. The average molecular weight is 273 g/mol. The fourth-order valence-electron chi connectivity index (χ4n) is 1.83. The van der Waals surface area contributed by atoms with Gasteiger partial charge in [0, 0.05) is 18.5 Å². The molecule has 1 aliphatic heterocycles. The van der Waals surface area contributed by atoms with Crippen LogP contribution in [-0.2, 0) is 6.18 Å². The zero-order chi connectivity index (χ0) is 13.9. The third kappa shape index (κ3) is 3.01. The van der Waals surface area contributed by atoms with Crippen molar-refractivity contribution in [3.8, 4) is 11.5 Å². The van der Waals surface area contributed by atoms with E-state index in [0.29, 0.717) is 25.1 Å². The molecule has 0 atom stereocenters. The largest absolute Gasteiger partial charge is 0.489 e. The normalized spacial score (nSPS) is 15.6. The molecule has 2 rings (SSSR count). The molecule has 0 unspecified atom stereocenters. The van der Waals surface area contributed by atoms with Gasteiger partial charge in [-0.2, -0.15) is 13.2 Å². The van der Waals surface area contributed by atoms with Gasteiger partial charge in [-0.25, -0.2) is 0 Å². The molecule has 19 heavy (non-hydrogen) atoms. The molecule has 0 saturated carbocycles. The Labute approximate surface area is 108 Å². The SMILES string of the molecule is NC/C=C/c1ccc(C(F)(F)F)c2c1OCCCO2. The Kier molecular flexibility index (Phi) is 3.99. The van der Waals surface area contributed by atoms with Crippen LogP contribution in [0.5, 0.6) is 11.5 Å². The molecule has 0 amide bonds. The Balaban J connectivity index is 2.54. The third-order valence-electron chi connectivity index (χ3n) is 2.66. The second-order valence-corrected chi connectivity index (χ2v) is 4.05. The van der Waals surface area contributed by atoms with Crippen molar-refractivity contribution in [2.45, 2.75) is 12.6 Å². The topological polar surface area (TPSA) is 44.5 Å². The molecule has 0 spiro atoms. The van der Waals surface area contributed by atoms with Crippen molar-refractivity contribution >= 4 is 6.08 Å². The minimum absolute atomic E-state index is 0.136. The Morgan fingerprint density at radius 3 is 2.47 bits per heavy atom. The summed E-state index contributed by atoms with van der Waals surface area (Å²) in [5.74, 6) is -0.0961. The summed E-state index contributed by atoms with van der Waals surface area (Å²) in [5.41, 5.74) is 5.07. The molecule has 0 bridgehead atoms. The molecule has 0 fully saturated rings. The van der Waals surface area contributed by atoms with Crippen LogP contribution in [0.4, 0.5) is 13.2 Å². The van der Waals surface area contributed by atoms with E-state index in [4.69, 9.17) is 15.2 Å². The van der Waals surface area contributed by atoms with Gasteiger partial charge < -0.3 is 15.2 Å². The number of alkyl halides is 3. The van der Waals surface area contributed by atoms with Crippen molar-refractivity contribution in [1.29, 1.82) is 0 Å². The van der Waals surface area contributed by atoms with E-state index in [1.807, 2.05) is 0 Å². The maximum Gasteiger partial charge on any atom is 0.420 e. The van der Waals surface area contributed by atoms with E-state index in [2.05, 4.69) is 0 Å². The van der Waals surface area contributed by atoms with Gasteiger partial charge in [-0.3, -0.25) is 0 Å². The van der Waals surface area contributed by atoms with Crippen LogP contribution in [0, 0.1) is 0 Å². The molecule has 2 N–H and O–H groups in total. The van der Waals surface area contributed by atoms with Crippen LogP contribution in [-0.4, -0.2) is 19.8 Å². The van der Waals surface area contributed by atoms with Crippen LogP contribution in [0.1, 0.15) is 17.5 Å². The quantitative estimate of drug-likeness (QED) is 0.901. The lowest BCUT2D eigenvalue weighted by atomic mass is 10.1. The molecule has 1 heterocycles. The van der Waals surface area contributed by atoms with Crippen LogP contribution in [0.25, 0.3) is 6.08 Å². The number of fused-ring (bicyclic) bond motifs is 1. The lowest BCUT2D eigenvalue weighted by Crippen LogP contribution is -2.09. The summed E-state index contributed by atoms with van der Waals surface area (Å²) in [6, 6.07) is 2.37. The maximum absolute atomic E-state index is 12.9. The molecule has 0 aromatic heterocycles. The highest BCUT2D eigenvalue weighted by molar-refractivity contribution is 5.65. The van der Waals surface area contributed by atoms with Gasteiger partial charge in [-0.05, 0) is 6.07 Å². The van der Waals surface area contributed by atoms with E-state index in [0.717, 1.165) is 6.07 Å². The maximum atomic E-state index is 12.9. The minimum Gasteiger partial charge on any atom is -0.489 e. The molecule has 0 saturated heterocycles. The van der Waals surface area contributed by atoms with Crippen molar-refractivity contribution < 1.29 is 22.6 Å². The van der Waals surface area contributed by atoms with Gasteiger partial charge in [0.05, 0.1) is 13.2 Å². The number of hydrogen-bond acceptors (Lipinski definition) is 3. The van der Waals surface area contributed by atoms with Gasteiger partial charge in [-0.15, -0.1) is 0 Å². The smallest absolute Gasteiger partial charge is 0.420 e. The number of benzene rings is 1. The zero-order valence-corrected chi connectivity index (χ0v) is 10.2. The van der Waals surface area contributed by atoms with E-state index < -0.39 is 11.7 Å². The lowest BCUT2D eigenvalue weighted by Gasteiger charge is -2.16. The number of nitrogens with two attached hydrogens (primary N) is 1. The van der Waals surface area contributed by atoms with E-state index in [1.165, 1.54) is 6.07 Å². The summed E-state index contributed by atoms with van der Waals surface area (Å²) in [4.78, 5) is 0. The molecule has 1 aromatic carbocycles. The number of rotatable bonds is 2. The van der Waals surface area contributed by atoms with Crippen molar-refractivity contribution in [2.24, 2.45) is 5.73 Å². The van der Waals surface area contributed by atoms with Crippen molar-refractivity contribution in [3.05, 3.63) is 29.3 Å². The molecule has 6 heteroatoms. The summed E-state index contributed by atoms with van der Waals surface area (Å²) in [6.07, 6.45) is -0.634. The first-order valence-corrected chi connectivity index (χ1v) is 5.90. The second-order valence-electron chi connectivity index (χ2n) is 4.05. The highest BCUT2D eigenvalue weighted by Gasteiger charge is 2.37. The zero-order valence-electron chi connectivity index (χ0n) is 10.2. The summed E-state index contributed by atoms with van der Waals surface area (Å²) in [5, 5.41) is 0. The predicted molar refractivity (Wildman–Crippen MR) is 65.1 cm³/mol. The monoisotopic (exact) mass is 273 g/mol. The first kappa shape index (κ1) is 13.7. The fourth-order valence-corrected chi connectivity index (χ4v) is 1.83. The van der Waals surface area contributed by atoms with Gasteiger partial charge in [0.25, 0.3) is 0 Å². The number of ether oxygens (including phenoxy) is 2. The van der Waals surface area contributed by atoms with Gasteiger partial charge in [0.1, 0.15) is 5.56 Å². The van der Waals surface area contributed by atoms with Gasteiger partial charge in [-0.1, -0.05) is 18.2 Å². The molecule has 3 nitrogen and oxygen atoms in total. The molecule has 1 aromatic rings. The van der Waals surface area contributed by atoms with Crippen molar-refractivity contribution in [1.82, 2.24) is 0 Å². The van der Waals surface area contributed by atoms with E-state index >= 15 is 0 Å².